The van der Waals surface area contributed by atoms with Crippen molar-refractivity contribution in [1.82, 2.24) is 4.90 Å². The molecular formula is C11H17NO6S. The van der Waals surface area contributed by atoms with Gasteiger partial charge in [-0.3, -0.25) is 9.59 Å². The Kier molecular flexibility index (Phi) is 4.10. The molecule has 2 unspecified atom stereocenters. The number of aliphatic carboxylic acids is 1. The number of hydrogen-bond donors (Lipinski definition) is 1. The molecule has 0 aliphatic carbocycles. The molecule has 19 heavy (non-hydrogen) atoms. The van der Waals surface area contributed by atoms with Crippen molar-refractivity contribution >= 4 is 21.7 Å². The maximum Gasteiger partial charge on any atom is 0.306 e. The summed E-state index contributed by atoms with van der Waals surface area (Å²) in [5.41, 5.74) is 0. The number of rotatable bonds is 3. The van der Waals surface area contributed by atoms with Crippen molar-refractivity contribution in [3.63, 3.8) is 0 Å². The smallest absolute Gasteiger partial charge is 0.306 e. The van der Waals surface area contributed by atoms with Crippen molar-refractivity contribution < 1.29 is 27.9 Å². The lowest BCUT2D eigenvalue weighted by Gasteiger charge is -2.33. The van der Waals surface area contributed by atoms with Crippen LogP contribution in [0.4, 0.5) is 0 Å². The number of carboxylic acid groups (broad SMARTS) is 1. The highest BCUT2D eigenvalue weighted by Crippen LogP contribution is 2.22. The van der Waals surface area contributed by atoms with Crippen molar-refractivity contribution in [2.45, 2.75) is 18.9 Å². The molecule has 108 valence electrons. The molecule has 2 fully saturated rings. The van der Waals surface area contributed by atoms with Gasteiger partial charge in [-0.25, -0.2) is 8.42 Å². The van der Waals surface area contributed by atoms with Gasteiger partial charge in [0.15, 0.2) is 9.84 Å². The second-order valence-electron chi connectivity index (χ2n) is 4.97. The number of ether oxygens (including phenoxy) is 1. The van der Waals surface area contributed by atoms with Crippen LogP contribution in [0.5, 0.6) is 0 Å². The quantitative estimate of drug-likeness (QED) is 0.725. The number of carboxylic acids is 1. The third kappa shape index (κ3) is 3.66. The molecule has 0 spiro atoms. The van der Waals surface area contributed by atoms with Crippen molar-refractivity contribution in [3.05, 3.63) is 0 Å². The van der Waals surface area contributed by atoms with Crippen LogP contribution in [-0.2, 0) is 24.2 Å². The molecule has 2 heterocycles. The standard InChI is InChI=1S/C11H17NO6S/c13-10(14)5-9-6-12(2-3-18-9)11(15)8-1-4-19(16,17)7-8/h8-9H,1-7H2,(H,13,14). The summed E-state index contributed by atoms with van der Waals surface area (Å²) in [6.07, 6.45) is -0.289. The van der Waals surface area contributed by atoms with Crippen LogP contribution in [-0.4, -0.2) is 67.6 Å². The van der Waals surface area contributed by atoms with Gasteiger partial charge < -0.3 is 14.7 Å². The molecule has 0 bridgehead atoms. The van der Waals surface area contributed by atoms with Gasteiger partial charge in [0.25, 0.3) is 0 Å². The number of carbonyl (C=O) groups excluding carboxylic acids is 1. The minimum absolute atomic E-state index is 0.0618. The predicted octanol–water partition coefficient (Wildman–Crippen LogP) is -0.877. The summed E-state index contributed by atoms with van der Waals surface area (Å²) >= 11 is 0. The molecule has 1 amide bonds. The van der Waals surface area contributed by atoms with Crippen LogP contribution in [0.2, 0.25) is 0 Å². The van der Waals surface area contributed by atoms with E-state index in [0.29, 0.717) is 19.6 Å². The van der Waals surface area contributed by atoms with Gasteiger partial charge in [-0.15, -0.1) is 0 Å². The van der Waals surface area contributed by atoms with Crippen molar-refractivity contribution in [1.29, 1.82) is 0 Å². The van der Waals surface area contributed by atoms with Gasteiger partial charge >= 0.3 is 5.97 Å². The fourth-order valence-corrected chi connectivity index (χ4v) is 4.22. The van der Waals surface area contributed by atoms with Crippen LogP contribution in [0.25, 0.3) is 0 Å². The summed E-state index contributed by atoms with van der Waals surface area (Å²) in [6.45, 7) is 0.913. The topological polar surface area (TPSA) is 101 Å². The second-order valence-corrected chi connectivity index (χ2v) is 7.20. The average molecular weight is 291 g/mol. The molecule has 0 radical (unpaired) electrons. The molecule has 7 nitrogen and oxygen atoms in total. The van der Waals surface area contributed by atoms with Gasteiger partial charge in [0.05, 0.1) is 36.6 Å². The normalized spacial score (nSPS) is 30.2. The van der Waals surface area contributed by atoms with Crippen LogP contribution >= 0.6 is 0 Å². The van der Waals surface area contributed by atoms with E-state index in [4.69, 9.17) is 9.84 Å². The average Bonchev–Trinajstić information content (AvgIpc) is 2.68. The van der Waals surface area contributed by atoms with E-state index in [1.165, 1.54) is 4.90 Å². The molecule has 8 heteroatoms. The van der Waals surface area contributed by atoms with Crippen LogP contribution in [0, 0.1) is 5.92 Å². The molecule has 0 saturated carbocycles. The first-order valence-electron chi connectivity index (χ1n) is 6.20. The summed E-state index contributed by atoms with van der Waals surface area (Å²) in [5, 5.41) is 8.71. The first-order chi connectivity index (χ1) is 8.87. The SMILES string of the molecule is O=C(O)CC1CN(C(=O)C2CCS(=O)(=O)C2)CCO1. The fourth-order valence-electron chi connectivity index (χ4n) is 2.49. The van der Waals surface area contributed by atoms with Crippen molar-refractivity contribution in [3.8, 4) is 0 Å². The number of carbonyl (C=O) groups is 2. The minimum atomic E-state index is -3.08. The van der Waals surface area contributed by atoms with E-state index in [0.717, 1.165) is 0 Å². The fraction of sp³-hybridized carbons (Fsp3) is 0.818. The Bertz CT molecular complexity index is 474. The van der Waals surface area contributed by atoms with E-state index < -0.39 is 27.8 Å². The molecule has 2 atom stereocenters. The summed E-state index contributed by atoms with van der Waals surface area (Å²) < 4.78 is 28.0. The monoisotopic (exact) mass is 291 g/mol. The largest absolute Gasteiger partial charge is 0.481 e. The van der Waals surface area contributed by atoms with E-state index in [-0.39, 0.29) is 30.4 Å². The zero-order chi connectivity index (χ0) is 14.0. The Morgan fingerprint density at radius 3 is 2.68 bits per heavy atom. The van der Waals surface area contributed by atoms with Crippen LogP contribution in [0.15, 0.2) is 0 Å². The molecular weight excluding hydrogens is 274 g/mol. The highest BCUT2D eigenvalue weighted by atomic mass is 32.2. The van der Waals surface area contributed by atoms with Crippen LogP contribution < -0.4 is 0 Å². The minimum Gasteiger partial charge on any atom is -0.481 e. The lowest BCUT2D eigenvalue weighted by Crippen LogP contribution is -2.48. The summed E-state index contributed by atoms with van der Waals surface area (Å²) in [7, 11) is -3.08. The molecule has 2 aliphatic heterocycles. The Balaban J connectivity index is 1.94. The number of sulfone groups is 1. The van der Waals surface area contributed by atoms with Gasteiger partial charge in [0.1, 0.15) is 0 Å². The van der Waals surface area contributed by atoms with Gasteiger partial charge in [0.2, 0.25) is 5.91 Å². The van der Waals surface area contributed by atoms with Gasteiger partial charge in [0, 0.05) is 13.1 Å². The summed E-state index contributed by atoms with van der Waals surface area (Å²) in [4.78, 5) is 24.3. The van der Waals surface area contributed by atoms with Crippen molar-refractivity contribution in [2.75, 3.05) is 31.2 Å². The number of amides is 1. The molecule has 2 saturated heterocycles. The Morgan fingerprint density at radius 2 is 2.11 bits per heavy atom. The van der Waals surface area contributed by atoms with Gasteiger partial charge in [-0.2, -0.15) is 0 Å². The van der Waals surface area contributed by atoms with Gasteiger partial charge in [-0.1, -0.05) is 0 Å². The Morgan fingerprint density at radius 1 is 1.37 bits per heavy atom. The zero-order valence-corrected chi connectivity index (χ0v) is 11.3. The highest BCUT2D eigenvalue weighted by Gasteiger charge is 2.37. The Hall–Kier alpha value is -1.15. The third-order valence-electron chi connectivity index (χ3n) is 3.43. The maximum atomic E-state index is 12.2. The van der Waals surface area contributed by atoms with E-state index in [2.05, 4.69) is 0 Å². The predicted molar refractivity (Wildman–Crippen MR) is 65.3 cm³/mol. The number of morpholine rings is 1. The molecule has 2 aliphatic rings. The van der Waals surface area contributed by atoms with Crippen molar-refractivity contribution in [2.24, 2.45) is 5.92 Å². The molecule has 2 rings (SSSR count). The maximum absolute atomic E-state index is 12.2. The first-order valence-corrected chi connectivity index (χ1v) is 8.02. The Labute approximate surface area is 111 Å². The molecule has 0 aromatic carbocycles. The highest BCUT2D eigenvalue weighted by molar-refractivity contribution is 7.91. The van der Waals surface area contributed by atoms with Crippen LogP contribution in [0.3, 0.4) is 0 Å². The third-order valence-corrected chi connectivity index (χ3v) is 5.20. The first kappa shape index (κ1) is 14.3. The lowest BCUT2D eigenvalue weighted by atomic mass is 10.1. The zero-order valence-electron chi connectivity index (χ0n) is 10.4. The second kappa shape index (κ2) is 5.46. The van der Waals surface area contributed by atoms with E-state index >= 15 is 0 Å². The molecule has 0 aromatic rings. The number of nitrogens with zero attached hydrogens (tertiary/aromatic N) is 1. The molecule has 0 aromatic heterocycles. The lowest BCUT2D eigenvalue weighted by molar-refractivity contribution is -0.149. The van der Waals surface area contributed by atoms with E-state index in [1.807, 2.05) is 0 Å². The van der Waals surface area contributed by atoms with Crippen LogP contribution in [0.1, 0.15) is 12.8 Å². The molecule has 1 N–H and O–H groups in total. The summed E-state index contributed by atoms with van der Waals surface area (Å²) in [5.74, 6) is -1.67. The van der Waals surface area contributed by atoms with Gasteiger partial charge in [-0.05, 0) is 6.42 Å². The van der Waals surface area contributed by atoms with E-state index in [9.17, 15) is 18.0 Å². The number of hydrogen-bond acceptors (Lipinski definition) is 5. The summed E-state index contributed by atoms with van der Waals surface area (Å²) in [6, 6.07) is 0. The van der Waals surface area contributed by atoms with E-state index in [1.54, 1.807) is 0 Å².